The van der Waals surface area contributed by atoms with Crippen molar-refractivity contribution in [1.29, 1.82) is 5.26 Å². The molecule has 21 heavy (non-hydrogen) atoms. The maximum absolute atomic E-state index is 8.83. The molecule has 108 valence electrons. The van der Waals surface area contributed by atoms with Crippen molar-refractivity contribution in [1.82, 2.24) is 5.32 Å². The number of benzene rings is 1. The van der Waals surface area contributed by atoms with Gasteiger partial charge in [-0.2, -0.15) is 5.26 Å². The fraction of sp³-hybridized carbons (Fsp3) is 0.312. The van der Waals surface area contributed by atoms with E-state index in [2.05, 4.69) is 24.4 Å². The number of nitrogens with one attached hydrogen (secondary N) is 1. The molecule has 3 rings (SSSR count). The van der Waals surface area contributed by atoms with Gasteiger partial charge in [0.15, 0.2) is 11.5 Å². The molecule has 0 aliphatic carbocycles. The van der Waals surface area contributed by atoms with Crippen molar-refractivity contribution in [3.05, 3.63) is 45.6 Å². The van der Waals surface area contributed by atoms with Gasteiger partial charge in [-0.15, -0.1) is 11.3 Å². The van der Waals surface area contributed by atoms with Gasteiger partial charge in [0.05, 0.1) is 5.56 Å². The number of nitrogens with zero attached hydrogens (tertiary/aromatic N) is 1. The van der Waals surface area contributed by atoms with E-state index in [1.165, 1.54) is 0 Å². The second-order valence-corrected chi connectivity index (χ2v) is 5.91. The molecule has 0 amide bonds. The molecule has 1 aromatic heterocycles. The van der Waals surface area contributed by atoms with E-state index < -0.39 is 0 Å². The van der Waals surface area contributed by atoms with Crippen LogP contribution in [-0.2, 0) is 6.54 Å². The van der Waals surface area contributed by atoms with E-state index in [1.807, 2.05) is 23.6 Å². The third kappa shape index (κ3) is 3.18. The molecule has 1 aliphatic rings. The molecule has 1 N–H and O–H groups in total. The minimum absolute atomic E-state index is 0.202. The zero-order valence-electron chi connectivity index (χ0n) is 11.8. The largest absolute Gasteiger partial charge is 0.486 e. The van der Waals surface area contributed by atoms with Crippen LogP contribution in [0.4, 0.5) is 0 Å². The average Bonchev–Trinajstić information content (AvgIpc) is 3.00. The van der Waals surface area contributed by atoms with Gasteiger partial charge in [-0.05, 0) is 30.7 Å². The third-order valence-corrected chi connectivity index (χ3v) is 4.37. The number of hydrogen-bond donors (Lipinski definition) is 1. The fourth-order valence-corrected chi connectivity index (χ4v) is 2.99. The lowest BCUT2D eigenvalue weighted by atomic mass is 10.1. The molecule has 1 aromatic carbocycles. The zero-order chi connectivity index (χ0) is 14.7. The van der Waals surface area contributed by atoms with Crippen molar-refractivity contribution in [2.75, 3.05) is 13.2 Å². The summed E-state index contributed by atoms with van der Waals surface area (Å²) in [6, 6.07) is 10.3. The number of fused-ring (bicyclic) bond motifs is 1. The van der Waals surface area contributed by atoms with Crippen LogP contribution in [0, 0.1) is 11.3 Å². The fourth-order valence-electron chi connectivity index (χ4n) is 2.23. The molecule has 5 heteroatoms. The smallest absolute Gasteiger partial charge is 0.161 e. The van der Waals surface area contributed by atoms with E-state index >= 15 is 0 Å². The van der Waals surface area contributed by atoms with Gasteiger partial charge in [0.25, 0.3) is 0 Å². The number of thiophene rings is 1. The summed E-state index contributed by atoms with van der Waals surface area (Å²) >= 11 is 1.60. The van der Waals surface area contributed by atoms with E-state index in [4.69, 9.17) is 14.7 Å². The summed E-state index contributed by atoms with van der Waals surface area (Å²) in [7, 11) is 0. The summed E-state index contributed by atoms with van der Waals surface area (Å²) in [5.74, 6) is 1.63. The quantitative estimate of drug-likeness (QED) is 0.942. The number of hydrogen-bond acceptors (Lipinski definition) is 5. The van der Waals surface area contributed by atoms with Gasteiger partial charge in [0, 0.05) is 22.8 Å². The summed E-state index contributed by atoms with van der Waals surface area (Å²) in [5.41, 5.74) is 1.89. The highest BCUT2D eigenvalue weighted by Gasteiger charge is 2.14. The van der Waals surface area contributed by atoms with Gasteiger partial charge < -0.3 is 14.8 Å². The topological polar surface area (TPSA) is 54.3 Å². The predicted octanol–water partition coefficient (Wildman–Crippen LogP) is 3.24. The number of nitriles is 1. The van der Waals surface area contributed by atoms with Crippen LogP contribution >= 0.6 is 11.3 Å². The Morgan fingerprint density at radius 1 is 1.29 bits per heavy atom. The molecule has 4 nitrogen and oxygen atoms in total. The predicted molar refractivity (Wildman–Crippen MR) is 81.7 cm³/mol. The van der Waals surface area contributed by atoms with E-state index in [-0.39, 0.29) is 6.04 Å². The summed E-state index contributed by atoms with van der Waals surface area (Å²) in [4.78, 5) is 1.16. The molecule has 0 fully saturated rings. The van der Waals surface area contributed by atoms with Crippen molar-refractivity contribution < 1.29 is 9.47 Å². The molecule has 1 unspecified atom stereocenters. The molecule has 0 saturated carbocycles. The van der Waals surface area contributed by atoms with Crippen LogP contribution in [0.2, 0.25) is 0 Å². The highest BCUT2D eigenvalue weighted by atomic mass is 32.1. The Morgan fingerprint density at radius 2 is 2.10 bits per heavy atom. The summed E-state index contributed by atoms with van der Waals surface area (Å²) < 4.78 is 11.1. The van der Waals surface area contributed by atoms with Gasteiger partial charge in [0.1, 0.15) is 19.3 Å². The second kappa shape index (κ2) is 6.17. The van der Waals surface area contributed by atoms with E-state index in [0.29, 0.717) is 13.2 Å². The third-order valence-electron chi connectivity index (χ3n) is 3.43. The highest BCUT2D eigenvalue weighted by Crippen LogP contribution is 2.32. The Hall–Kier alpha value is -2.03. The molecule has 0 spiro atoms. The number of rotatable bonds is 4. The molecule has 2 heterocycles. The van der Waals surface area contributed by atoms with Crippen LogP contribution in [0.25, 0.3) is 0 Å². The van der Waals surface area contributed by atoms with Crippen molar-refractivity contribution in [3.8, 4) is 17.6 Å². The van der Waals surface area contributed by atoms with Crippen LogP contribution in [0.3, 0.4) is 0 Å². The Kier molecular flexibility index (Phi) is 4.09. The first-order valence-corrected chi connectivity index (χ1v) is 7.74. The van der Waals surface area contributed by atoms with Gasteiger partial charge in [-0.25, -0.2) is 0 Å². The van der Waals surface area contributed by atoms with Gasteiger partial charge in [-0.3, -0.25) is 0 Å². The zero-order valence-corrected chi connectivity index (χ0v) is 12.6. The first-order valence-electron chi connectivity index (χ1n) is 6.86. The molecule has 1 atom stereocenters. The lowest BCUT2D eigenvalue weighted by Crippen LogP contribution is -2.19. The molecule has 0 bridgehead atoms. The van der Waals surface area contributed by atoms with Crippen LogP contribution in [-0.4, -0.2) is 13.2 Å². The minimum Gasteiger partial charge on any atom is -0.486 e. The first-order chi connectivity index (χ1) is 10.3. The average molecular weight is 300 g/mol. The highest BCUT2D eigenvalue weighted by molar-refractivity contribution is 7.10. The maximum atomic E-state index is 8.83. The Bertz CT molecular complexity index is 675. The summed E-state index contributed by atoms with van der Waals surface area (Å²) in [5, 5.41) is 14.2. The Balaban J connectivity index is 1.65. The first kappa shape index (κ1) is 13.9. The van der Waals surface area contributed by atoms with Crippen LogP contribution < -0.4 is 14.8 Å². The van der Waals surface area contributed by atoms with Crippen LogP contribution in [0.15, 0.2) is 29.6 Å². The van der Waals surface area contributed by atoms with Crippen LogP contribution in [0.1, 0.15) is 29.0 Å². The lowest BCUT2D eigenvalue weighted by Gasteiger charge is -2.21. The molecule has 1 aliphatic heterocycles. The monoisotopic (exact) mass is 300 g/mol. The normalized spacial score (nSPS) is 14.5. The molecule has 0 radical (unpaired) electrons. The minimum atomic E-state index is 0.202. The van der Waals surface area contributed by atoms with Crippen LogP contribution in [0.5, 0.6) is 11.5 Å². The molecular formula is C16H16N2O2S. The van der Waals surface area contributed by atoms with Gasteiger partial charge in [-0.1, -0.05) is 6.07 Å². The Morgan fingerprint density at radius 3 is 2.86 bits per heavy atom. The van der Waals surface area contributed by atoms with E-state index in [9.17, 15) is 0 Å². The van der Waals surface area contributed by atoms with E-state index in [0.717, 1.165) is 34.0 Å². The SMILES string of the molecule is CC(NCc1cc(C#N)cs1)c1ccc2c(c1)OCCO2. The standard InChI is InChI=1S/C16H16N2O2S/c1-11(18-9-14-6-12(8-17)10-21-14)13-2-3-15-16(7-13)20-5-4-19-15/h2-3,6-7,10-11,18H,4-5,9H2,1H3. The molecule has 2 aromatic rings. The maximum Gasteiger partial charge on any atom is 0.161 e. The Labute approximate surface area is 127 Å². The van der Waals surface area contributed by atoms with Gasteiger partial charge in [0.2, 0.25) is 0 Å². The summed E-state index contributed by atoms with van der Waals surface area (Å²) in [6.07, 6.45) is 0. The van der Waals surface area contributed by atoms with E-state index in [1.54, 1.807) is 11.3 Å². The van der Waals surface area contributed by atoms with Crippen molar-refractivity contribution in [2.24, 2.45) is 0 Å². The van der Waals surface area contributed by atoms with Gasteiger partial charge >= 0.3 is 0 Å². The number of ether oxygens (including phenoxy) is 2. The molecular weight excluding hydrogens is 284 g/mol. The van der Waals surface area contributed by atoms with Crippen molar-refractivity contribution in [3.63, 3.8) is 0 Å². The summed E-state index contributed by atoms with van der Waals surface area (Å²) in [6.45, 7) is 4.08. The van der Waals surface area contributed by atoms with Crippen molar-refractivity contribution >= 4 is 11.3 Å². The molecule has 0 saturated heterocycles. The lowest BCUT2D eigenvalue weighted by molar-refractivity contribution is 0.171. The van der Waals surface area contributed by atoms with Crippen molar-refractivity contribution in [2.45, 2.75) is 19.5 Å². The second-order valence-electron chi connectivity index (χ2n) is 4.92.